The van der Waals surface area contributed by atoms with E-state index < -0.39 is 17.3 Å². The quantitative estimate of drug-likeness (QED) is 0.292. The van der Waals surface area contributed by atoms with Crippen LogP contribution in [0.5, 0.6) is 0 Å². The lowest BCUT2D eigenvalue weighted by atomic mass is 10.2. The lowest BCUT2D eigenvalue weighted by Gasteiger charge is -2.20. The summed E-state index contributed by atoms with van der Waals surface area (Å²) >= 11 is 2.62. The van der Waals surface area contributed by atoms with Crippen LogP contribution in [0.1, 0.15) is 18.9 Å². The first-order valence-electron chi connectivity index (χ1n) is 8.96. The number of nitrogens with zero attached hydrogens (tertiary/aromatic N) is 1. The second kappa shape index (κ2) is 11.5. The molecule has 1 amide bonds. The van der Waals surface area contributed by atoms with E-state index >= 15 is 0 Å². The molecule has 0 saturated heterocycles. The summed E-state index contributed by atoms with van der Waals surface area (Å²) in [6.45, 7) is 1.83. The number of carbonyl (C=O) groups is 2. The molecule has 1 heterocycles. The number of benzene rings is 1. The molecule has 10 heteroatoms. The molecule has 0 bridgehead atoms. The monoisotopic (exact) mass is 436 g/mol. The molecule has 8 nitrogen and oxygen atoms in total. The summed E-state index contributed by atoms with van der Waals surface area (Å²) in [6, 6.07) is 10.2. The number of nitrogens with two attached hydrogens (primary N) is 1. The molecule has 2 rings (SSSR count). The van der Waals surface area contributed by atoms with Crippen molar-refractivity contribution in [1.29, 1.82) is 0 Å². The number of methoxy groups -OCH3 is 1. The van der Waals surface area contributed by atoms with Gasteiger partial charge in [0.25, 0.3) is 5.56 Å². The Balaban J connectivity index is 1.98. The molecule has 4 N–H and O–H groups in total. The zero-order valence-electron chi connectivity index (χ0n) is 16.2. The van der Waals surface area contributed by atoms with Crippen LogP contribution in [0.3, 0.4) is 0 Å². The number of nitrogen functional groups attached to an aromatic ring is 1. The molecule has 0 aliphatic rings. The van der Waals surface area contributed by atoms with E-state index in [1.807, 2.05) is 37.3 Å². The molecule has 0 unspecified atom stereocenters. The third-order valence-electron chi connectivity index (χ3n) is 3.86. The van der Waals surface area contributed by atoms with Crippen molar-refractivity contribution in [1.82, 2.24) is 15.3 Å². The van der Waals surface area contributed by atoms with Crippen molar-refractivity contribution in [3.63, 3.8) is 0 Å². The number of anilines is 1. The Bertz CT molecular complexity index is 876. The molecule has 0 aliphatic heterocycles. The number of ether oxygens (including phenoxy) is 1. The minimum absolute atomic E-state index is 0.0799. The van der Waals surface area contributed by atoms with Gasteiger partial charge in [0.1, 0.15) is 11.9 Å². The first-order chi connectivity index (χ1) is 13.9. The molecule has 0 spiro atoms. The van der Waals surface area contributed by atoms with Crippen molar-refractivity contribution < 1.29 is 14.3 Å². The first-order valence-corrected chi connectivity index (χ1v) is 11.0. The minimum atomic E-state index is -0.774. The largest absolute Gasteiger partial charge is 0.467 e. The van der Waals surface area contributed by atoms with Gasteiger partial charge >= 0.3 is 5.97 Å². The van der Waals surface area contributed by atoms with Gasteiger partial charge in [-0.1, -0.05) is 49.0 Å². The number of carbonyl (C=O) groups excluding carboxylic acids is 2. The van der Waals surface area contributed by atoms with Gasteiger partial charge in [-0.15, -0.1) is 0 Å². The molecule has 0 aliphatic carbocycles. The Hall–Kier alpha value is -2.46. The van der Waals surface area contributed by atoms with Crippen molar-refractivity contribution in [2.45, 2.75) is 35.5 Å². The molecule has 156 valence electrons. The zero-order chi connectivity index (χ0) is 21.2. The third kappa shape index (κ3) is 7.47. The average molecular weight is 437 g/mol. The maximum atomic E-state index is 12.7. The number of amides is 1. The summed E-state index contributed by atoms with van der Waals surface area (Å²) in [5, 5.41) is 2.45. The molecular formula is C19H24N4O4S2. The normalized spacial score (nSPS) is 12.8. The molecule has 1 aromatic carbocycles. The highest BCUT2D eigenvalue weighted by atomic mass is 32.2. The van der Waals surface area contributed by atoms with E-state index in [1.54, 1.807) is 0 Å². The molecular weight excluding hydrogens is 412 g/mol. The summed E-state index contributed by atoms with van der Waals surface area (Å²) in [6.07, 6.45) is 0.472. The fraction of sp³-hybridized carbons (Fsp3) is 0.368. The number of nitrogens with one attached hydrogen (secondary N) is 2. The number of esters is 1. The SMILES string of the molecule is CC[C@H](Sc1nc(N)cc(=O)[nH]1)C(=O)N[C@@H](CSCc1ccccc1)C(=O)OC. The van der Waals surface area contributed by atoms with Crippen molar-refractivity contribution in [3.05, 3.63) is 52.3 Å². The number of rotatable bonds is 10. The predicted molar refractivity (Wildman–Crippen MR) is 116 cm³/mol. The topological polar surface area (TPSA) is 127 Å². The smallest absolute Gasteiger partial charge is 0.329 e. The number of thioether (sulfide) groups is 2. The fourth-order valence-corrected chi connectivity index (χ4v) is 4.34. The third-order valence-corrected chi connectivity index (χ3v) is 6.21. The van der Waals surface area contributed by atoms with Crippen LogP contribution in [0.2, 0.25) is 0 Å². The Morgan fingerprint density at radius 3 is 2.66 bits per heavy atom. The van der Waals surface area contributed by atoms with Gasteiger partial charge in [0.2, 0.25) is 5.91 Å². The number of hydrogen-bond acceptors (Lipinski definition) is 8. The number of hydrogen-bond donors (Lipinski definition) is 3. The van der Waals surface area contributed by atoms with Crippen LogP contribution in [0, 0.1) is 0 Å². The van der Waals surface area contributed by atoms with Gasteiger partial charge in [-0.25, -0.2) is 9.78 Å². The average Bonchev–Trinajstić information content (AvgIpc) is 2.70. The van der Waals surface area contributed by atoms with Crippen molar-refractivity contribution in [2.24, 2.45) is 0 Å². The van der Waals surface area contributed by atoms with Crippen LogP contribution in [0.25, 0.3) is 0 Å². The van der Waals surface area contributed by atoms with E-state index in [-0.39, 0.29) is 22.4 Å². The van der Waals surface area contributed by atoms with E-state index in [9.17, 15) is 14.4 Å². The summed E-state index contributed by atoms with van der Waals surface area (Å²) < 4.78 is 4.83. The summed E-state index contributed by atoms with van der Waals surface area (Å²) in [7, 11) is 1.29. The summed E-state index contributed by atoms with van der Waals surface area (Å²) in [4.78, 5) is 42.9. The van der Waals surface area contributed by atoms with Crippen LogP contribution in [0.4, 0.5) is 5.82 Å². The van der Waals surface area contributed by atoms with Crippen molar-refractivity contribution in [2.75, 3.05) is 18.6 Å². The first kappa shape index (κ1) is 22.8. The Kier molecular flexibility index (Phi) is 9.07. The van der Waals surface area contributed by atoms with Crippen LogP contribution < -0.4 is 16.6 Å². The minimum Gasteiger partial charge on any atom is -0.467 e. The Labute approximate surface area is 177 Å². The van der Waals surface area contributed by atoms with E-state index in [0.29, 0.717) is 17.9 Å². The summed E-state index contributed by atoms with van der Waals surface area (Å²) in [5.74, 6) is 0.329. The van der Waals surface area contributed by atoms with Crippen LogP contribution in [-0.4, -0.2) is 46.0 Å². The van der Waals surface area contributed by atoms with Gasteiger partial charge in [0, 0.05) is 17.6 Å². The molecule has 0 saturated carbocycles. The van der Waals surface area contributed by atoms with Gasteiger partial charge in [-0.2, -0.15) is 11.8 Å². The number of aromatic nitrogens is 2. The highest BCUT2D eigenvalue weighted by molar-refractivity contribution is 8.00. The highest BCUT2D eigenvalue weighted by Crippen LogP contribution is 2.22. The van der Waals surface area contributed by atoms with Gasteiger partial charge in [0.15, 0.2) is 5.16 Å². The maximum absolute atomic E-state index is 12.7. The predicted octanol–water partition coefficient (Wildman–Crippen LogP) is 1.81. The zero-order valence-corrected chi connectivity index (χ0v) is 17.8. The second-order valence-electron chi connectivity index (χ2n) is 6.08. The van der Waals surface area contributed by atoms with Gasteiger partial charge in [0.05, 0.1) is 12.4 Å². The summed E-state index contributed by atoms with van der Waals surface area (Å²) in [5.41, 5.74) is 6.33. The molecule has 0 fully saturated rings. The van der Waals surface area contributed by atoms with Gasteiger partial charge in [-0.3, -0.25) is 9.59 Å². The van der Waals surface area contributed by atoms with Crippen LogP contribution in [-0.2, 0) is 20.1 Å². The lowest BCUT2D eigenvalue weighted by molar-refractivity contribution is -0.144. The maximum Gasteiger partial charge on any atom is 0.329 e. The molecule has 2 aromatic rings. The van der Waals surface area contributed by atoms with Gasteiger partial charge < -0.3 is 20.8 Å². The standard InChI is InChI=1S/C19H24N4O4S2/c1-3-14(29-19-22-15(20)9-16(24)23-19)17(25)21-13(18(26)27-2)11-28-10-12-7-5-4-6-8-12/h4-9,13-14H,3,10-11H2,1-2H3,(H,21,25)(H3,20,22,23,24)/t13-,14-/m0/s1. The highest BCUT2D eigenvalue weighted by Gasteiger charge is 2.26. The van der Waals surface area contributed by atoms with Crippen molar-refractivity contribution in [3.8, 4) is 0 Å². The number of aromatic amines is 1. The van der Waals surface area contributed by atoms with E-state index in [2.05, 4.69) is 15.3 Å². The fourth-order valence-electron chi connectivity index (χ4n) is 2.41. The Morgan fingerprint density at radius 2 is 2.03 bits per heavy atom. The molecule has 1 aromatic heterocycles. The lowest BCUT2D eigenvalue weighted by Crippen LogP contribution is -2.46. The van der Waals surface area contributed by atoms with Crippen LogP contribution >= 0.6 is 23.5 Å². The van der Waals surface area contributed by atoms with E-state index in [1.165, 1.54) is 24.9 Å². The van der Waals surface area contributed by atoms with Gasteiger partial charge in [-0.05, 0) is 12.0 Å². The number of H-pyrrole nitrogens is 1. The molecule has 29 heavy (non-hydrogen) atoms. The van der Waals surface area contributed by atoms with E-state index in [4.69, 9.17) is 10.5 Å². The molecule has 0 radical (unpaired) electrons. The van der Waals surface area contributed by atoms with Crippen LogP contribution in [0.15, 0.2) is 46.3 Å². The van der Waals surface area contributed by atoms with E-state index in [0.717, 1.165) is 17.3 Å². The van der Waals surface area contributed by atoms with Crippen molar-refractivity contribution >= 4 is 41.2 Å². The second-order valence-corrected chi connectivity index (χ2v) is 8.30. The molecule has 2 atom stereocenters. The Morgan fingerprint density at radius 1 is 1.31 bits per heavy atom.